The van der Waals surface area contributed by atoms with E-state index in [9.17, 15) is 5.26 Å². The molecule has 0 bridgehead atoms. The minimum absolute atomic E-state index is 0.660. The lowest BCUT2D eigenvalue weighted by Gasteiger charge is -2.16. The molecule has 222 valence electrons. The van der Waals surface area contributed by atoms with E-state index >= 15 is 0 Å². The lowest BCUT2D eigenvalue weighted by Crippen LogP contribution is -1.93. The zero-order valence-electron chi connectivity index (χ0n) is 26.1. The van der Waals surface area contributed by atoms with Crippen molar-refractivity contribution in [3.8, 4) is 50.7 Å². The van der Waals surface area contributed by atoms with Gasteiger partial charge in [-0.1, -0.05) is 133 Å². The van der Waals surface area contributed by atoms with Crippen molar-refractivity contribution in [3.63, 3.8) is 0 Å². The topological polar surface area (TPSA) is 36.7 Å². The van der Waals surface area contributed by atoms with Gasteiger partial charge >= 0.3 is 0 Å². The van der Waals surface area contributed by atoms with Gasteiger partial charge in [-0.25, -0.2) is 4.98 Å². The van der Waals surface area contributed by atoms with Gasteiger partial charge in [0, 0.05) is 16.3 Å². The highest BCUT2D eigenvalue weighted by Gasteiger charge is 2.16. The zero-order chi connectivity index (χ0) is 32.0. The number of nitrogens with zero attached hydrogens (tertiary/aromatic N) is 2. The normalized spacial score (nSPS) is 11.3. The molecular formula is C46H28N2. The molecular weight excluding hydrogens is 581 g/mol. The maximum atomic E-state index is 9.21. The Labute approximate surface area is 278 Å². The van der Waals surface area contributed by atoms with Crippen molar-refractivity contribution in [2.45, 2.75) is 0 Å². The van der Waals surface area contributed by atoms with Crippen LogP contribution < -0.4 is 0 Å². The van der Waals surface area contributed by atoms with Crippen LogP contribution in [0.25, 0.3) is 87.9 Å². The number of hydrogen-bond donors (Lipinski definition) is 0. The first-order chi connectivity index (χ1) is 23.7. The summed E-state index contributed by atoms with van der Waals surface area (Å²) in [5, 5.41) is 17.6. The molecule has 0 N–H and O–H groups in total. The summed E-state index contributed by atoms with van der Waals surface area (Å²) in [5.74, 6) is 0. The standard InChI is InChI=1S/C46H28N2/c47-29-30-13-15-33(16-14-30)34-17-21-35(22-18-34)45-28-43(39-24-20-32-8-2-4-10-37(32)26-39)44-27-42(40-11-5-6-12-41(40)46(44)48-45)38-23-19-31-7-1-3-9-36(31)25-38/h1-28H. The van der Waals surface area contributed by atoms with Crippen LogP contribution in [0.2, 0.25) is 0 Å². The third-order valence-electron chi connectivity index (χ3n) is 9.47. The Morgan fingerprint density at radius 3 is 1.46 bits per heavy atom. The number of pyridine rings is 1. The molecule has 2 heteroatoms. The summed E-state index contributed by atoms with van der Waals surface area (Å²) in [6.45, 7) is 0. The number of benzene rings is 8. The molecule has 0 atom stereocenters. The van der Waals surface area contributed by atoms with Gasteiger partial charge in [0.05, 0.1) is 22.8 Å². The van der Waals surface area contributed by atoms with Crippen molar-refractivity contribution in [3.05, 3.63) is 175 Å². The van der Waals surface area contributed by atoms with E-state index in [-0.39, 0.29) is 0 Å². The van der Waals surface area contributed by atoms with Crippen LogP contribution in [0.5, 0.6) is 0 Å². The fourth-order valence-electron chi connectivity index (χ4n) is 6.96. The molecule has 0 aliphatic rings. The molecule has 1 aromatic heterocycles. The van der Waals surface area contributed by atoms with Gasteiger partial charge in [0.2, 0.25) is 0 Å². The molecule has 0 radical (unpaired) electrons. The summed E-state index contributed by atoms with van der Waals surface area (Å²) in [6.07, 6.45) is 0. The molecule has 9 aromatic rings. The van der Waals surface area contributed by atoms with E-state index in [4.69, 9.17) is 4.98 Å². The fourth-order valence-corrected chi connectivity index (χ4v) is 6.96. The molecule has 0 aliphatic carbocycles. The van der Waals surface area contributed by atoms with E-state index in [2.05, 4.69) is 152 Å². The summed E-state index contributed by atoms with van der Waals surface area (Å²) in [4.78, 5) is 5.40. The van der Waals surface area contributed by atoms with E-state index < -0.39 is 0 Å². The quantitative estimate of drug-likeness (QED) is 0.186. The Kier molecular flexibility index (Phi) is 6.56. The fraction of sp³-hybridized carbons (Fsp3) is 0. The number of aromatic nitrogens is 1. The third kappa shape index (κ3) is 4.78. The molecule has 1 heterocycles. The summed E-state index contributed by atoms with van der Waals surface area (Å²) < 4.78 is 0. The zero-order valence-corrected chi connectivity index (χ0v) is 26.1. The molecule has 9 rings (SSSR count). The SMILES string of the molecule is N#Cc1ccc(-c2ccc(-c3cc(-c4ccc5ccccc5c4)c4cc(-c5ccc6ccccc6c5)c5ccccc5c4n3)cc2)cc1. The predicted molar refractivity (Wildman–Crippen MR) is 201 cm³/mol. The predicted octanol–water partition coefficient (Wildman–Crippen LogP) is 12.2. The Bertz CT molecular complexity index is 2710. The first kappa shape index (κ1) is 27.7. The van der Waals surface area contributed by atoms with Crippen LogP contribution in [0.1, 0.15) is 5.56 Å². The Morgan fingerprint density at radius 2 is 0.854 bits per heavy atom. The molecule has 0 fully saturated rings. The van der Waals surface area contributed by atoms with Crippen LogP contribution in [0.4, 0.5) is 0 Å². The Balaban J connectivity index is 1.29. The highest BCUT2D eigenvalue weighted by molar-refractivity contribution is 6.16. The first-order valence-corrected chi connectivity index (χ1v) is 16.2. The summed E-state index contributed by atoms with van der Waals surface area (Å²) in [7, 11) is 0. The Morgan fingerprint density at radius 1 is 0.375 bits per heavy atom. The van der Waals surface area contributed by atoms with Crippen LogP contribution in [0, 0.1) is 11.3 Å². The molecule has 0 saturated heterocycles. The van der Waals surface area contributed by atoms with Crippen LogP contribution in [0.3, 0.4) is 0 Å². The smallest absolute Gasteiger partial charge is 0.0991 e. The summed E-state index contributed by atoms with van der Waals surface area (Å²) in [5.41, 5.74) is 10.5. The number of nitriles is 1. The minimum atomic E-state index is 0.660. The van der Waals surface area contributed by atoms with Crippen molar-refractivity contribution >= 4 is 43.2 Å². The molecule has 0 spiro atoms. The molecule has 0 aliphatic heterocycles. The molecule has 8 aromatic carbocycles. The average molecular weight is 609 g/mol. The van der Waals surface area contributed by atoms with E-state index in [1.165, 1.54) is 38.1 Å². The lowest BCUT2D eigenvalue weighted by atomic mass is 9.90. The van der Waals surface area contributed by atoms with Gasteiger partial charge < -0.3 is 0 Å². The number of fused-ring (bicyclic) bond motifs is 5. The van der Waals surface area contributed by atoms with Gasteiger partial charge in [-0.15, -0.1) is 0 Å². The van der Waals surface area contributed by atoms with Crippen molar-refractivity contribution in [2.75, 3.05) is 0 Å². The highest BCUT2D eigenvalue weighted by atomic mass is 14.7. The van der Waals surface area contributed by atoms with Crippen LogP contribution in [-0.2, 0) is 0 Å². The molecule has 0 unspecified atom stereocenters. The van der Waals surface area contributed by atoms with Gasteiger partial charge in [0.15, 0.2) is 0 Å². The maximum Gasteiger partial charge on any atom is 0.0991 e. The van der Waals surface area contributed by atoms with E-state index in [0.717, 1.165) is 49.8 Å². The number of rotatable bonds is 4. The number of hydrogen-bond acceptors (Lipinski definition) is 2. The average Bonchev–Trinajstić information content (AvgIpc) is 3.17. The highest BCUT2D eigenvalue weighted by Crippen LogP contribution is 2.41. The maximum absolute atomic E-state index is 9.21. The molecule has 48 heavy (non-hydrogen) atoms. The van der Waals surface area contributed by atoms with Gasteiger partial charge in [-0.2, -0.15) is 5.26 Å². The van der Waals surface area contributed by atoms with E-state index in [0.29, 0.717) is 5.56 Å². The van der Waals surface area contributed by atoms with Crippen molar-refractivity contribution in [1.29, 1.82) is 5.26 Å². The van der Waals surface area contributed by atoms with Crippen LogP contribution >= 0.6 is 0 Å². The molecule has 0 amide bonds. The van der Waals surface area contributed by atoms with E-state index in [1.807, 2.05) is 24.3 Å². The Hall–Kier alpha value is -6.56. The first-order valence-electron chi connectivity index (χ1n) is 16.2. The largest absolute Gasteiger partial charge is 0.247 e. The monoisotopic (exact) mass is 608 g/mol. The third-order valence-corrected chi connectivity index (χ3v) is 9.47. The lowest BCUT2D eigenvalue weighted by molar-refractivity contribution is 1.41. The summed E-state index contributed by atoms with van der Waals surface area (Å²) in [6, 6.07) is 62.3. The minimum Gasteiger partial charge on any atom is -0.247 e. The van der Waals surface area contributed by atoms with E-state index in [1.54, 1.807) is 0 Å². The second-order valence-corrected chi connectivity index (χ2v) is 12.3. The van der Waals surface area contributed by atoms with Crippen LogP contribution in [0.15, 0.2) is 170 Å². The molecule has 2 nitrogen and oxygen atoms in total. The van der Waals surface area contributed by atoms with Crippen molar-refractivity contribution in [1.82, 2.24) is 4.98 Å². The van der Waals surface area contributed by atoms with Gasteiger partial charge in [-0.3, -0.25) is 0 Å². The van der Waals surface area contributed by atoms with Gasteiger partial charge in [0.1, 0.15) is 0 Å². The molecule has 0 saturated carbocycles. The van der Waals surface area contributed by atoms with Gasteiger partial charge in [0.25, 0.3) is 0 Å². The van der Waals surface area contributed by atoms with Gasteiger partial charge in [-0.05, 0) is 96.7 Å². The second kappa shape index (κ2) is 11.4. The second-order valence-electron chi connectivity index (χ2n) is 12.3. The van der Waals surface area contributed by atoms with Crippen molar-refractivity contribution < 1.29 is 0 Å². The van der Waals surface area contributed by atoms with Crippen LogP contribution in [-0.4, -0.2) is 4.98 Å². The summed E-state index contributed by atoms with van der Waals surface area (Å²) >= 11 is 0. The van der Waals surface area contributed by atoms with Crippen molar-refractivity contribution in [2.24, 2.45) is 0 Å².